The molecule has 2 aliphatic rings. The smallest absolute Gasteiger partial charge is 0.227 e. The number of hydrogen-bond donors (Lipinski definition) is 1. The molecule has 6 nitrogen and oxygen atoms in total. The number of thiazole rings is 1. The summed E-state index contributed by atoms with van der Waals surface area (Å²) in [7, 11) is 0. The van der Waals surface area contributed by atoms with Gasteiger partial charge in [-0.05, 0) is 12.8 Å². The first-order chi connectivity index (χ1) is 11.8. The average molecular weight is 368 g/mol. The molecule has 0 spiro atoms. The molecule has 0 bridgehead atoms. The van der Waals surface area contributed by atoms with Crippen molar-refractivity contribution in [2.45, 2.75) is 45.8 Å². The third-order valence-corrected chi connectivity index (χ3v) is 5.84. The fourth-order valence-corrected chi connectivity index (χ4v) is 4.29. The molecule has 1 aromatic heterocycles. The first kappa shape index (κ1) is 18.8. The second-order valence-corrected chi connectivity index (χ2v) is 9.03. The third-order valence-electron chi connectivity index (χ3n) is 5.01. The van der Waals surface area contributed by atoms with Crippen LogP contribution in [0.5, 0.6) is 0 Å². The summed E-state index contributed by atoms with van der Waals surface area (Å²) in [6.07, 6.45) is 1.10. The quantitative estimate of drug-likeness (QED) is 0.883. The highest BCUT2D eigenvalue weighted by atomic mass is 32.1. The lowest BCUT2D eigenvalue weighted by molar-refractivity contribution is -0.144. The first-order valence-electron chi connectivity index (χ1n) is 9.05. The highest BCUT2D eigenvalue weighted by Crippen LogP contribution is 2.35. The van der Waals surface area contributed by atoms with Crippen molar-refractivity contribution in [2.75, 3.05) is 39.4 Å². The summed E-state index contributed by atoms with van der Waals surface area (Å²) in [5.41, 5.74) is -0.515. The SMILES string of the molecule is CC(C)(C)C(=O)N1CCC(O)(c2csc(CN3CCOCC3)n2)CC1. The summed E-state index contributed by atoms with van der Waals surface area (Å²) >= 11 is 1.61. The van der Waals surface area contributed by atoms with Crippen molar-refractivity contribution in [2.24, 2.45) is 5.41 Å². The van der Waals surface area contributed by atoms with Crippen molar-refractivity contribution >= 4 is 17.2 Å². The molecule has 1 amide bonds. The summed E-state index contributed by atoms with van der Waals surface area (Å²) in [5, 5.41) is 14.1. The van der Waals surface area contributed by atoms with E-state index in [9.17, 15) is 9.90 Å². The maximum atomic E-state index is 12.4. The van der Waals surface area contributed by atoms with Crippen molar-refractivity contribution in [3.63, 3.8) is 0 Å². The standard InChI is InChI=1S/C18H29N3O3S/c1-17(2,3)16(22)21-6-4-18(23,5-7-21)14-13-25-15(19-14)12-20-8-10-24-11-9-20/h13,23H,4-12H2,1-3H3. The van der Waals surface area contributed by atoms with Gasteiger partial charge in [-0.3, -0.25) is 9.69 Å². The Morgan fingerprint density at radius 3 is 2.52 bits per heavy atom. The zero-order valence-corrected chi connectivity index (χ0v) is 16.3. The fourth-order valence-electron chi connectivity index (χ4n) is 3.36. The molecule has 25 heavy (non-hydrogen) atoms. The molecular weight excluding hydrogens is 338 g/mol. The minimum atomic E-state index is -0.908. The lowest BCUT2D eigenvalue weighted by Gasteiger charge is -2.39. The van der Waals surface area contributed by atoms with Gasteiger partial charge in [0.2, 0.25) is 5.91 Å². The van der Waals surface area contributed by atoms with E-state index in [1.165, 1.54) is 0 Å². The predicted molar refractivity (Wildman–Crippen MR) is 97.4 cm³/mol. The van der Waals surface area contributed by atoms with Crippen molar-refractivity contribution in [3.8, 4) is 0 Å². The maximum Gasteiger partial charge on any atom is 0.227 e. The van der Waals surface area contributed by atoms with Crippen LogP contribution in [0.2, 0.25) is 0 Å². The van der Waals surface area contributed by atoms with E-state index >= 15 is 0 Å². The largest absolute Gasteiger partial charge is 0.383 e. The van der Waals surface area contributed by atoms with Crippen LogP contribution >= 0.6 is 11.3 Å². The third kappa shape index (κ3) is 4.39. The zero-order valence-electron chi connectivity index (χ0n) is 15.5. The molecule has 1 N–H and O–H groups in total. The van der Waals surface area contributed by atoms with Crippen LogP contribution in [0.1, 0.15) is 44.3 Å². The molecule has 0 aliphatic carbocycles. The van der Waals surface area contributed by atoms with Crippen LogP contribution in [-0.4, -0.2) is 65.2 Å². The molecule has 0 radical (unpaired) electrons. The second-order valence-electron chi connectivity index (χ2n) is 8.09. The lowest BCUT2D eigenvalue weighted by Crippen LogP contribution is -2.48. The van der Waals surface area contributed by atoms with Crippen LogP contribution in [0.4, 0.5) is 0 Å². The molecular formula is C18H29N3O3S. The summed E-state index contributed by atoms with van der Waals surface area (Å²) in [5.74, 6) is 0.154. The number of amides is 1. The summed E-state index contributed by atoms with van der Waals surface area (Å²) in [4.78, 5) is 21.3. The fraction of sp³-hybridized carbons (Fsp3) is 0.778. The summed E-state index contributed by atoms with van der Waals surface area (Å²) in [6, 6.07) is 0. The van der Waals surface area contributed by atoms with Gasteiger partial charge in [0, 0.05) is 37.0 Å². The number of ether oxygens (including phenoxy) is 1. The van der Waals surface area contributed by atoms with E-state index in [4.69, 9.17) is 9.72 Å². The Morgan fingerprint density at radius 2 is 1.92 bits per heavy atom. The van der Waals surface area contributed by atoms with Gasteiger partial charge in [-0.25, -0.2) is 4.98 Å². The molecule has 3 rings (SSSR count). The molecule has 2 saturated heterocycles. The number of likely N-dealkylation sites (tertiary alicyclic amines) is 1. The van der Waals surface area contributed by atoms with Crippen molar-refractivity contribution in [1.29, 1.82) is 0 Å². The van der Waals surface area contributed by atoms with Crippen LogP contribution < -0.4 is 0 Å². The van der Waals surface area contributed by atoms with Crippen LogP contribution in [0.3, 0.4) is 0 Å². The molecule has 0 atom stereocenters. The highest BCUT2D eigenvalue weighted by Gasteiger charge is 2.39. The molecule has 1 aromatic rings. The topological polar surface area (TPSA) is 65.9 Å². The summed E-state index contributed by atoms with van der Waals surface area (Å²) < 4.78 is 5.38. The Kier molecular flexibility index (Phi) is 5.48. The van der Waals surface area contributed by atoms with Gasteiger partial charge in [0.15, 0.2) is 0 Å². The Labute approximate surface area is 153 Å². The minimum absolute atomic E-state index is 0.154. The number of aromatic nitrogens is 1. The molecule has 3 heterocycles. The molecule has 140 valence electrons. The van der Waals surface area contributed by atoms with Gasteiger partial charge in [0.25, 0.3) is 0 Å². The van der Waals surface area contributed by atoms with E-state index in [2.05, 4.69) is 4.90 Å². The van der Waals surface area contributed by atoms with Crippen molar-refractivity contribution in [3.05, 3.63) is 16.1 Å². The Bertz CT molecular complexity index is 597. The van der Waals surface area contributed by atoms with E-state index < -0.39 is 5.60 Å². The second kappa shape index (κ2) is 7.31. The van der Waals surface area contributed by atoms with E-state index in [1.54, 1.807) is 11.3 Å². The summed E-state index contributed by atoms with van der Waals surface area (Å²) in [6.45, 7) is 11.2. The molecule has 7 heteroatoms. The molecule has 0 aromatic carbocycles. The first-order valence-corrected chi connectivity index (χ1v) is 9.93. The van der Waals surface area contributed by atoms with Crippen LogP contribution in [0.15, 0.2) is 5.38 Å². The number of aliphatic hydroxyl groups is 1. The number of carbonyl (C=O) groups excluding carboxylic acids is 1. The lowest BCUT2D eigenvalue weighted by atomic mass is 9.86. The normalized spacial score (nSPS) is 22.2. The van der Waals surface area contributed by atoms with Gasteiger partial charge in [0.05, 0.1) is 25.5 Å². The van der Waals surface area contributed by atoms with Gasteiger partial charge >= 0.3 is 0 Å². The van der Waals surface area contributed by atoms with Crippen LogP contribution in [0, 0.1) is 5.41 Å². The predicted octanol–water partition coefficient (Wildman–Crippen LogP) is 1.83. The van der Waals surface area contributed by atoms with Gasteiger partial charge in [-0.15, -0.1) is 11.3 Å². The van der Waals surface area contributed by atoms with E-state index in [1.807, 2.05) is 31.1 Å². The van der Waals surface area contributed by atoms with Crippen LogP contribution in [0.25, 0.3) is 0 Å². The van der Waals surface area contributed by atoms with E-state index in [0.29, 0.717) is 25.9 Å². The van der Waals surface area contributed by atoms with Gasteiger partial charge in [0.1, 0.15) is 10.6 Å². The minimum Gasteiger partial charge on any atom is -0.383 e. The van der Waals surface area contributed by atoms with Gasteiger partial charge < -0.3 is 14.7 Å². The van der Waals surface area contributed by atoms with Crippen molar-refractivity contribution in [1.82, 2.24) is 14.8 Å². The molecule has 0 unspecified atom stereocenters. The van der Waals surface area contributed by atoms with Gasteiger partial charge in [-0.1, -0.05) is 20.8 Å². The number of carbonyl (C=O) groups is 1. The van der Waals surface area contributed by atoms with E-state index in [0.717, 1.165) is 43.5 Å². The average Bonchev–Trinajstić information content (AvgIpc) is 3.04. The highest BCUT2D eigenvalue weighted by molar-refractivity contribution is 7.09. The number of piperidine rings is 1. The Hall–Kier alpha value is -1.02. The van der Waals surface area contributed by atoms with Crippen LogP contribution in [-0.2, 0) is 21.7 Å². The number of nitrogens with zero attached hydrogens (tertiary/aromatic N) is 3. The molecule has 0 saturated carbocycles. The van der Waals surface area contributed by atoms with E-state index in [-0.39, 0.29) is 11.3 Å². The molecule has 2 aliphatic heterocycles. The monoisotopic (exact) mass is 367 g/mol. The number of rotatable bonds is 3. The number of morpholine rings is 1. The van der Waals surface area contributed by atoms with Gasteiger partial charge in [-0.2, -0.15) is 0 Å². The van der Waals surface area contributed by atoms with Crippen molar-refractivity contribution < 1.29 is 14.6 Å². The maximum absolute atomic E-state index is 12.4. The number of hydrogen-bond acceptors (Lipinski definition) is 6. The Balaban J connectivity index is 1.60. The zero-order chi connectivity index (χ0) is 18.1. The Morgan fingerprint density at radius 1 is 1.28 bits per heavy atom. The molecule has 2 fully saturated rings.